The average Bonchev–Trinajstić information content (AvgIpc) is 2.28. The second-order valence-electron chi connectivity index (χ2n) is 5.21. The van der Waals surface area contributed by atoms with E-state index in [1.807, 2.05) is 7.05 Å². The zero-order valence-electron chi connectivity index (χ0n) is 11.0. The van der Waals surface area contributed by atoms with E-state index in [1.165, 1.54) is 11.1 Å². The van der Waals surface area contributed by atoms with Crippen molar-refractivity contribution in [2.45, 2.75) is 37.6 Å². The highest BCUT2D eigenvalue weighted by Gasteiger charge is 2.29. The Hall–Kier alpha value is -0.670. The first-order chi connectivity index (χ1) is 8.04. The predicted octanol–water partition coefficient (Wildman–Crippen LogP) is 2.83. The Morgan fingerprint density at radius 2 is 2.12 bits per heavy atom. The highest BCUT2D eigenvalue weighted by molar-refractivity contribution is 7.85. The summed E-state index contributed by atoms with van der Waals surface area (Å²) in [5.74, 6) is 1.71. The van der Waals surface area contributed by atoms with E-state index in [-0.39, 0.29) is 0 Å². The van der Waals surface area contributed by atoms with Crippen LogP contribution in [0.4, 0.5) is 0 Å². The lowest BCUT2D eigenvalue weighted by atomic mass is 9.92. The van der Waals surface area contributed by atoms with Crippen molar-refractivity contribution >= 4 is 10.8 Å². The number of fused-ring (bicyclic) bond motifs is 1. The van der Waals surface area contributed by atoms with Crippen LogP contribution in [0.5, 0.6) is 0 Å². The van der Waals surface area contributed by atoms with Gasteiger partial charge in [0.1, 0.15) is 0 Å². The summed E-state index contributed by atoms with van der Waals surface area (Å²) in [6, 6.07) is 6.73. The Labute approximate surface area is 106 Å². The molecule has 0 aliphatic carbocycles. The molecule has 0 amide bonds. The molecule has 0 saturated carbocycles. The first-order valence-corrected chi connectivity index (χ1v) is 7.56. The van der Waals surface area contributed by atoms with E-state index in [0.717, 1.165) is 10.6 Å². The normalized spacial score (nSPS) is 28.2. The van der Waals surface area contributed by atoms with Crippen molar-refractivity contribution < 1.29 is 4.21 Å². The lowest BCUT2D eigenvalue weighted by Gasteiger charge is -2.31. The molecule has 1 aliphatic rings. The molecular weight excluding hydrogens is 230 g/mol. The van der Waals surface area contributed by atoms with Gasteiger partial charge in [0, 0.05) is 16.7 Å². The second kappa shape index (κ2) is 4.91. The minimum atomic E-state index is -0.829. The Balaban J connectivity index is 2.52. The van der Waals surface area contributed by atoms with Crippen LogP contribution in [0.1, 0.15) is 43.9 Å². The molecule has 2 rings (SSSR count). The maximum Gasteiger partial charge on any atom is 0.0536 e. The summed E-state index contributed by atoms with van der Waals surface area (Å²) in [5.41, 5.74) is 2.56. The molecule has 0 spiro atoms. The first kappa shape index (κ1) is 12.8. The molecule has 3 atom stereocenters. The summed E-state index contributed by atoms with van der Waals surface area (Å²) in [6.45, 7) is 6.56. The van der Waals surface area contributed by atoms with Gasteiger partial charge in [-0.2, -0.15) is 0 Å². The molecule has 0 bridgehead atoms. The molecule has 0 fully saturated rings. The van der Waals surface area contributed by atoms with Gasteiger partial charge in [-0.15, -0.1) is 0 Å². The van der Waals surface area contributed by atoms with Gasteiger partial charge in [-0.1, -0.05) is 32.9 Å². The maximum atomic E-state index is 12.1. The van der Waals surface area contributed by atoms with Gasteiger partial charge in [0.05, 0.1) is 10.8 Å². The van der Waals surface area contributed by atoms with Crippen molar-refractivity contribution in [2.75, 3.05) is 12.8 Å². The minimum Gasteiger partial charge on any atom is -0.313 e. The fourth-order valence-electron chi connectivity index (χ4n) is 2.55. The minimum absolute atomic E-state index is 0.335. The van der Waals surface area contributed by atoms with Crippen LogP contribution in [0.25, 0.3) is 0 Å². The molecule has 94 valence electrons. The highest BCUT2D eigenvalue weighted by Crippen LogP contribution is 2.35. The first-order valence-electron chi connectivity index (χ1n) is 6.24. The number of hydrogen-bond donors (Lipinski definition) is 1. The van der Waals surface area contributed by atoms with E-state index >= 15 is 0 Å². The average molecular weight is 251 g/mol. The molecule has 1 aromatic rings. The van der Waals surface area contributed by atoms with E-state index < -0.39 is 10.8 Å². The van der Waals surface area contributed by atoms with Crippen molar-refractivity contribution in [3.63, 3.8) is 0 Å². The molecule has 3 unspecified atom stereocenters. The summed E-state index contributed by atoms with van der Waals surface area (Å²) in [5, 5.41) is 3.36. The van der Waals surface area contributed by atoms with E-state index in [1.54, 1.807) is 0 Å². The van der Waals surface area contributed by atoms with Gasteiger partial charge in [-0.3, -0.25) is 4.21 Å². The van der Waals surface area contributed by atoms with Gasteiger partial charge in [0.15, 0.2) is 0 Å². The SMILES string of the molecule is CNC1c2cc(C(C)C)ccc2S(=O)CC1C. The molecule has 1 aliphatic heterocycles. The molecule has 3 heteroatoms. The fraction of sp³-hybridized carbons (Fsp3) is 0.571. The zero-order valence-corrected chi connectivity index (χ0v) is 11.8. The van der Waals surface area contributed by atoms with E-state index in [4.69, 9.17) is 0 Å². The summed E-state index contributed by atoms with van der Waals surface area (Å²) >= 11 is 0. The van der Waals surface area contributed by atoms with E-state index in [9.17, 15) is 4.21 Å². The molecular formula is C14H21NOS. The number of hydrogen-bond acceptors (Lipinski definition) is 2. The van der Waals surface area contributed by atoms with Crippen molar-refractivity contribution in [2.24, 2.45) is 5.92 Å². The van der Waals surface area contributed by atoms with Crippen LogP contribution in [0, 0.1) is 5.92 Å². The second-order valence-corrected chi connectivity index (χ2v) is 6.67. The Morgan fingerprint density at radius 1 is 1.41 bits per heavy atom. The van der Waals surface area contributed by atoms with Gasteiger partial charge in [0.25, 0.3) is 0 Å². The molecule has 0 aromatic heterocycles. The molecule has 1 N–H and O–H groups in total. The third-order valence-corrected chi connectivity index (χ3v) is 5.27. The van der Waals surface area contributed by atoms with Gasteiger partial charge in [-0.25, -0.2) is 0 Å². The summed E-state index contributed by atoms with van der Waals surface area (Å²) in [6.07, 6.45) is 0. The quantitative estimate of drug-likeness (QED) is 0.875. The van der Waals surface area contributed by atoms with Gasteiger partial charge < -0.3 is 5.32 Å². The predicted molar refractivity (Wildman–Crippen MR) is 72.8 cm³/mol. The van der Waals surface area contributed by atoms with Gasteiger partial charge in [-0.05, 0) is 36.1 Å². The number of rotatable bonds is 2. The molecule has 0 radical (unpaired) electrons. The van der Waals surface area contributed by atoms with Crippen LogP contribution in [-0.4, -0.2) is 17.0 Å². The lowest BCUT2D eigenvalue weighted by Crippen LogP contribution is -2.32. The fourth-order valence-corrected chi connectivity index (χ4v) is 4.07. The van der Waals surface area contributed by atoms with Gasteiger partial charge in [0.2, 0.25) is 0 Å². The standard InChI is InChI=1S/C14H21NOS/c1-9(2)11-5-6-13-12(7-11)14(15-4)10(3)8-17(13)16/h5-7,9-10,14-15H,8H2,1-4H3. The molecule has 17 heavy (non-hydrogen) atoms. The maximum absolute atomic E-state index is 12.1. The van der Waals surface area contributed by atoms with E-state index in [0.29, 0.717) is 17.9 Å². The van der Waals surface area contributed by atoms with E-state index in [2.05, 4.69) is 44.3 Å². The van der Waals surface area contributed by atoms with Crippen molar-refractivity contribution in [3.8, 4) is 0 Å². The van der Waals surface area contributed by atoms with Crippen LogP contribution in [-0.2, 0) is 10.8 Å². The van der Waals surface area contributed by atoms with Gasteiger partial charge >= 0.3 is 0 Å². The van der Waals surface area contributed by atoms with Crippen LogP contribution in [0.15, 0.2) is 23.1 Å². The summed E-state index contributed by atoms with van der Waals surface area (Å²) in [7, 11) is 1.16. The number of nitrogens with one attached hydrogen (secondary N) is 1. The van der Waals surface area contributed by atoms with Crippen molar-refractivity contribution in [1.82, 2.24) is 5.32 Å². The van der Waals surface area contributed by atoms with Crippen molar-refractivity contribution in [1.29, 1.82) is 0 Å². The number of benzene rings is 1. The highest BCUT2D eigenvalue weighted by atomic mass is 32.2. The molecule has 0 saturated heterocycles. The molecule has 1 heterocycles. The monoisotopic (exact) mass is 251 g/mol. The Morgan fingerprint density at radius 3 is 2.71 bits per heavy atom. The van der Waals surface area contributed by atoms with Crippen LogP contribution >= 0.6 is 0 Å². The third kappa shape index (κ3) is 2.31. The summed E-state index contributed by atoms with van der Waals surface area (Å²) < 4.78 is 12.1. The van der Waals surface area contributed by atoms with Crippen LogP contribution in [0.2, 0.25) is 0 Å². The van der Waals surface area contributed by atoms with Crippen molar-refractivity contribution in [3.05, 3.63) is 29.3 Å². The topological polar surface area (TPSA) is 29.1 Å². The molecule has 1 aromatic carbocycles. The third-order valence-electron chi connectivity index (χ3n) is 3.58. The van der Waals surface area contributed by atoms with Crippen LogP contribution in [0.3, 0.4) is 0 Å². The lowest BCUT2D eigenvalue weighted by molar-refractivity contribution is 0.430. The Bertz CT molecular complexity index is 442. The Kier molecular flexibility index (Phi) is 3.69. The molecule has 2 nitrogen and oxygen atoms in total. The smallest absolute Gasteiger partial charge is 0.0536 e. The largest absolute Gasteiger partial charge is 0.313 e. The zero-order chi connectivity index (χ0) is 12.6. The van der Waals surface area contributed by atoms with Crippen LogP contribution < -0.4 is 5.32 Å². The summed E-state index contributed by atoms with van der Waals surface area (Å²) in [4.78, 5) is 1.02.